The Morgan fingerprint density at radius 3 is 2.67 bits per heavy atom. The second-order valence-electron chi connectivity index (χ2n) is 13.0. The second kappa shape index (κ2) is 12.3. The van der Waals surface area contributed by atoms with Crippen molar-refractivity contribution in [2.45, 2.75) is 70.7 Å². The predicted octanol–water partition coefficient (Wildman–Crippen LogP) is 5.44. The van der Waals surface area contributed by atoms with E-state index in [1.54, 1.807) is 6.08 Å². The van der Waals surface area contributed by atoms with Gasteiger partial charge < -0.3 is 24.8 Å². The predicted molar refractivity (Wildman–Crippen MR) is 172 cm³/mol. The summed E-state index contributed by atoms with van der Waals surface area (Å²) in [5.41, 5.74) is 3.02. The Morgan fingerprint density at radius 1 is 1.11 bits per heavy atom. The van der Waals surface area contributed by atoms with Crippen LogP contribution in [0.5, 0.6) is 6.01 Å². The Morgan fingerprint density at radius 2 is 1.91 bits per heavy atom. The Kier molecular flexibility index (Phi) is 8.22. The topological polar surface area (TPSA) is 83.0 Å². The van der Waals surface area contributed by atoms with Crippen LogP contribution in [0.15, 0.2) is 36.1 Å². The monoisotopic (exact) mass is 617 g/mol. The molecule has 4 heterocycles. The van der Waals surface area contributed by atoms with Gasteiger partial charge in [0, 0.05) is 49.7 Å². The van der Waals surface area contributed by atoms with Crippen molar-refractivity contribution in [2.24, 2.45) is 0 Å². The number of ether oxygens (including phenoxy) is 2. The highest BCUT2D eigenvalue weighted by molar-refractivity contribution is 5.93. The lowest BCUT2D eigenvalue weighted by atomic mass is 9.91. The molecule has 0 amide bonds. The number of allylic oxidation sites excluding steroid dienone is 2. The number of halogens is 2. The van der Waals surface area contributed by atoms with Crippen LogP contribution in [0.1, 0.15) is 55.9 Å². The van der Waals surface area contributed by atoms with Crippen LogP contribution in [-0.4, -0.2) is 83.6 Å². The molecular formula is C35H41F2N5O3. The number of piperazine rings is 1. The third kappa shape index (κ3) is 5.91. The van der Waals surface area contributed by atoms with Crippen molar-refractivity contribution in [3.63, 3.8) is 0 Å². The third-order valence-electron chi connectivity index (χ3n) is 9.66. The number of anilines is 1. The Labute approximate surface area is 262 Å². The molecule has 7 rings (SSSR count). The van der Waals surface area contributed by atoms with E-state index in [1.165, 1.54) is 12.1 Å². The molecule has 45 heavy (non-hydrogen) atoms. The first-order chi connectivity index (χ1) is 21.8. The summed E-state index contributed by atoms with van der Waals surface area (Å²) >= 11 is 0. The molecule has 238 valence electrons. The largest absolute Gasteiger partial charge is 0.508 e. The zero-order chi connectivity index (χ0) is 31.2. The fraction of sp³-hybridized carbons (Fsp3) is 0.486. The van der Waals surface area contributed by atoms with Crippen molar-refractivity contribution < 1.29 is 23.4 Å². The number of nitrogens with one attached hydrogen (secondary N) is 1. The molecule has 2 aromatic carbocycles. The van der Waals surface area contributed by atoms with Gasteiger partial charge in [0.05, 0.1) is 12.2 Å². The minimum atomic E-state index is -0.784. The van der Waals surface area contributed by atoms with Crippen molar-refractivity contribution >= 4 is 28.4 Å². The average molecular weight is 618 g/mol. The van der Waals surface area contributed by atoms with Gasteiger partial charge in [-0.15, -0.1) is 0 Å². The Bertz CT molecular complexity index is 1660. The first kappa shape index (κ1) is 30.1. The summed E-state index contributed by atoms with van der Waals surface area (Å²) in [6.45, 7) is 10.1. The molecule has 3 aromatic rings. The average Bonchev–Trinajstić information content (AvgIpc) is 3.27. The summed E-state index contributed by atoms with van der Waals surface area (Å²) < 4.78 is 45.0. The number of rotatable bonds is 7. The van der Waals surface area contributed by atoms with E-state index in [0.717, 1.165) is 49.0 Å². The number of hydrogen-bond acceptors (Lipinski definition) is 8. The van der Waals surface area contributed by atoms with Crippen molar-refractivity contribution in [2.75, 3.05) is 44.3 Å². The first-order valence-electron chi connectivity index (χ1n) is 16.2. The van der Waals surface area contributed by atoms with Crippen molar-refractivity contribution in [1.29, 1.82) is 0 Å². The van der Waals surface area contributed by atoms with Gasteiger partial charge in [-0.3, -0.25) is 4.90 Å². The van der Waals surface area contributed by atoms with E-state index in [4.69, 9.17) is 14.5 Å². The molecule has 2 N–H and O–H groups in total. The molecule has 3 saturated heterocycles. The Balaban J connectivity index is 1.30. The van der Waals surface area contributed by atoms with Gasteiger partial charge in [0.1, 0.15) is 35.6 Å². The number of aliphatic hydroxyl groups is 1. The smallest absolute Gasteiger partial charge is 0.319 e. The fourth-order valence-corrected chi connectivity index (χ4v) is 7.33. The summed E-state index contributed by atoms with van der Waals surface area (Å²) in [6.07, 6.45) is 6.07. The van der Waals surface area contributed by atoms with E-state index >= 15 is 8.78 Å². The van der Waals surface area contributed by atoms with Crippen LogP contribution >= 0.6 is 0 Å². The molecular weight excluding hydrogens is 576 g/mol. The molecule has 3 unspecified atom stereocenters. The number of morpholine rings is 1. The summed E-state index contributed by atoms with van der Waals surface area (Å²) in [5.74, 6) is -1.07. The van der Waals surface area contributed by atoms with Gasteiger partial charge in [0.15, 0.2) is 5.82 Å². The molecule has 1 aliphatic carbocycles. The van der Waals surface area contributed by atoms with Gasteiger partial charge >= 0.3 is 6.01 Å². The number of benzene rings is 2. The maximum Gasteiger partial charge on any atom is 0.319 e. The lowest BCUT2D eigenvalue weighted by Crippen LogP contribution is -2.51. The minimum absolute atomic E-state index is 0.00302. The van der Waals surface area contributed by atoms with Crippen LogP contribution in [0.3, 0.4) is 0 Å². The summed E-state index contributed by atoms with van der Waals surface area (Å²) in [6, 6.07) is 8.23. The van der Waals surface area contributed by atoms with E-state index in [9.17, 15) is 5.11 Å². The van der Waals surface area contributed by atoms with E-state index < -0.39 is 11.6 Å². The number of aryl methyl sites for hydroxylation is 1. The maximum absolute atomic E-state index is 16.8. The van der Waals surface area contributed by atoms with Crippen molar-refractivity contribution in [3.8, 4) is 6.01 Å². The summed E-state index contributed by atoms with van der Waals surface area (Å²) in [5, 5.41) is 14.7. The van der Waals surface area contributed by atoms with Gasteiger partial charge in [-0.05, 0) is 80.0 Å². The number of aromatic nitrogens is 2. The van der Waals surface area contributed by atoms with Crippen LogP contribution in [0.4, 0.5) is 14.6 Å². The second-order valence-corrected chi connectivity index (χ2v) is 13.0. The zero-order valence-corrected chi connectivity index (χ0v) is 26.2. The van der Waals surface area contributed by atoms with Crippen LogP contribution in [0, 0.1) is 11.6 Å². The third-order valence-corrected chi connectivity index (χ3v) is 9.66. The maximum atomic E-state index is 16.8. The van der Waals surface area contributed by atoms with Gasteiger partial charge in [0.25, 0.3) is 0 Å². The molecule has 0 radical (unpaired) electrons. The van der Waals surface area contributed by atoms with Gasteiger partial charge in [0.2, 0.25) is 0 Å². The molecule has 10 heteroatoms. The molecule has 4 aliphatic rings. The summed E-state index contributed by atoms with van der Waals surface area (Å²) in [4.78, 5) is 13.8. The van der Waals surface area contributed by atoms with Crippen molar-refractivity contribution in [1.82, 2.24) is 20.2 Å². The SMILES string of the molecule is CCc1cccc2c1CC(c1c(F)cc3c(N4CC5CCC(C4)N5)nc(OCC4CN(C(C)C)CCO4)nc3c1F)=CC(O)=C2. The fourth-order valence-electron chi connectivity index (χ4n) is 7.33. The Hall–Kier alpha value is -3.60. The molecule has 3 atom stereocenters. The van der Waals surface area contributed by atoms with E-state index in [0.29, 0.717) is 54.6 Å². The number of nitrogens with zero attached hydrogens (tertiary/aromatic N) is 4. The quantitative estimate of drug-likeness (QED) is 0.363. The molecule has 2 bridgehead atoms. The van der Waals surface area contributed by atoms with Crippen molar-refractivity contribution in [3.05, 3.63) is 70.0 Å². The van der Waals surface area contributed by atoms with Gasteiger partial charge in [-0.25, -0.2) is 8.78 Å². The van der Waals surface area contributed by atoms with Gasteiger partial charge in [-0.1, -0.05) is 25.1 Å². The molecule has 3 aliphatic heterocycles. The number of hydrogen-bond donors (Lipinski definition) is 2. The number of aliphatic hydroxyl groups excluding tert-OH is 1. The van der Waals surface area contributed by atoms with Gasteiger partial charge in [-0.2, -0.15) is 9.97 Å². The first-order valence-corrected chi connectivity index (χ1v) is 16.2. The van der Waals surface area contributed by atoms with E-state index in [-0.39, 0.29) is 42.0 Å². The normalized spacial score (nSPS) is 23.6. The molecule has 1 aromatic heterocycles. The zero-order valence-electron chi connectivity index (χ0n) is 26.2. The lowest BCUT2D eigenvalue weighted by molar-refractivity contribution is -0.0575. The van der Waals surface area contributed by atoms with Crippen LogP contribution in [0.25, 0.3) is 22.6 Å². The summed E-state index contributed by atoms with van der Waals surface area (Å²) in [7, 11) is 0. The highest BCUT2D eigenvalue weighted by atomic mass is 19.1. The molecule has 0 spiro atoms. The highest BCUT2D eigenvalue weighted by Crippen LogP contribution is 2.38. The minimum Gasteiger partial charge on any atom is -0.508 e. The molecule has 8 nitrogen and oxygen atoms in total. The molecule has 3 fully saturated rings. The lowest BCUT2D eigenvalue weighted by Gasteiger charge is -2.35. The van der Waals surface area contributed by atoms with Crippen LogP contribution < -0.4 is 15.0 Å². The molecule has 0 saturated carbocycles. The van der Waals surface area contributed by atoms with E-state index in [1.807, 2.05) is 25.1 Å². The standard InChI is InChI=1S/C35H41F2N5O3/c1-4-21-6-5-7-22-12-26(43)13-23(14-28(21)22)31-30(36)15-29-33(32(31)37)39-35(45-19-27-18-41(20(2)3)10-11-44-27)40-34(29)42-16-24-8-9-25(17-42)38-24/h5-7,12-13,15,20,24-25,27,38,43H,4,8-11,14,16-19H2,1-3H3. The van der Waals surface area contributed by atoms with E-state index in [2.05, 4.69) is 33.9 Å². The van der Waals surface area contributed by atoms with Crippen LogP contribution in [0.2, 0.25) is 0 Å². The van der Waals surface area contributed by atoms with Crippen LogP contribution in [-0.2, 0) is 17.6 Å². The highest BCUT2D eigenvalue weighted by Gasteiger charge is 2.35. The number of fused-ring (bicyclic) bond motifs is 4.